The van der Waals surface area contributed by atoms with E-state index in [9.17, 15) is 8.78 Å². The third-order valence-corrected chi connectivity index (χ3v) is 7.09. The Balaban J connectivity index is 2.02. The molecule has 0 atom stereocenters. The molecule has 1 saturated carbocycles. The normalized spacial score (nSPS) is 22.1. The molecule has 0 saturated heterocycles. The molecular weight excluding hydrogens is 450 g/mol. The van der Waals surface area contributed by atoms with Crippen LogP contribution in [0.5, 0.6) is 0 Å². The second kappa shape index (κ2) is 11.9. The Morgan fingerprint density at radius 1 is 1.14 bits per heavy atom. The summed E-state index contributed by atoms with van der Waals surface area (Å²) in [5.41, 5.74) is 6.02. The van der Waals surface area contributed by atoms with Crippen LogP contribution in [-0.2, 0) is 0 Å². The summed E-state index contributed by atoms with van der Waals surface area (Å²) >= 11 is 0. The van der Waals surface area contributed by atoms with E-state index in [1.807, 2.05) is 6.08 Å². The molecule has 0 bridgehead atoms. The lowest BCUT2D eigenvalue weighted by Crippen LogP contribution is -2.56. The third kappa shape index (κ3) is 6.27. The first-order chi connectivity index (χ1) is 17.1. The van der Waals surface area contributed by atoms with Crippen LogP contribution in [0.15, 0.2) is 83.5 Å². The smallest absolute Gasteiger partial charge is 0.133 e. The van der Waals surface area contributed by atoms with E-state index in [-0.39, 0.29) is 5.54 Å². The van der Waals surface area contributed by atoms with Gasteiger partial charge >= 0.3 is 0 Å². The number of hydrogen-bond donors (Lipinski definition) is 1. The maximum Gasteiger partial charge on any atom is 0.133 e. The Hall–Kier alpha value is -2.88. The van der Waals surface area contributed by atoms with E-state index in [0.717, 1.165) is 55.3 Å². The Morgan fingerprint density at radius 3 is 2.42 bits per heavy atom. The highest BCUT2D eigenvalue weighted by molar-refractivity contribution is 5.54. The largest absolute Gasteiger partial charge is 0.373 e. The maximum atomic E-state index is 14.3. The SMILES string of the molecule is C=C(C(C)C)N1C(C)=C(/C=C\C=C\CC)NC2(CCC(=Cc3ccc(F)cc3F)CC2)/C1=C/C(C)C. The highest BCUT2D eigenvalue weighted by Crippen LogP contribution is 2.46. The van der Waals surface area contributed by atoms with Gasteiger partial charge in [0.15, 0.2) is 0 Å². The van der Waals surface area contributed by atoms with Crippen LogP contribution in [0.1, 0.15) is 79.2 Å². The molecule has 36 heavy (non-hydrogen) atoms. The molecule has 0 radical (unpaired) electrons. The first-order valence-corrected chi connectivity index (χ1v) is 13.3. The molecular formula is C32H42F2N2. The topological polar surface area (TPSA) is 15.3 Å². The zero-order valence-electron chi connectivity index (χ0n) is 22.8. The quantitative estimate of drug-likeness (QED) is 0.382. The molecule has 1 fully saturated rings. The predicted octanol–water partition coefficient (Wildman–Crippen LogP) is 9.03. The first-order valence-electron chi connectivity index (χ1n) is 13.3. The van der Waals surface area contributed by atoms with Gasteiger partial charge in [0.05, 0.1) is 11.2 Å². The van der Waals surface area contributed by atoms with Crippen LogP contribution in [0.25, 0.3) is 6.08 Å². The van der Waals surface area contributed by atoms with Crippen LogP contribution in [0.3, 0.4) is 0 Å². The minimum absolute atomic E-state index is 0.242. The van der Waals surface area contributed by atoms with Gasteiger partial charge in [-0.05, 0) is 69.1 Å². The Morgan fingerprint density at radius 2 is 1.83 bits per heavy atom. The van der Waals surface area contributed by atoms with Gasteiger partial charge in [-0.2, -0.15) is 0 Å². The fraction of sp³-hybridized carbons (Fsp3) is 0.438. The molecule has 1 aromatic carbocycles. The number of hydrogen-bond acceptors (Lipinski definition) is 2. The molecule has 2 aliphatic rings. The van der Waals surface area contributed by atoms with E-state index in [1.165, 1.54) is 23.4 Å². The third-order valence-electron chi connectivity index (χ3n) is 7.09. The number of rotatable bonds is 7. The fourth-order valence-electron chi connectivity index (χ4n) is 5.00. The second-order valence-corrected chi connectivity index (χ2v) is 10.6. The molecule has 0 amide bonds. The Kier molecular flexibility index (Phi) is 9.16. The van der Waals surface area contributed by atoms with E-state index in [2.05, 4.69) is 88.7 Å². The van der Waals surface area contributed by atoms with Crippen molar-refractivity contribution in [1.29, 1.82) is 0 Å². The van der Waals surface area contributed by atoms with Gasteiger partial charge in [-0.15, -0.1) is 0 Å². The molecule has 4 heteroatoms. The standard InChI is InChI=1S/C32H42F2N2/c1-8-9-10-11-12-30-25(7)36(24(6)23(4)5)31(19-22(2)3)32(35-30)17-15-26(16-18-32)20-27-13-14-28(33)21-29(27)34/h9-14,19-23,35H,6,8,15-18H2,1-5,7H3/b10-9+,12-11-,26-20?,31-19-. The van der Waals surface area contributed by atoms with Crippen molar-refractivity contribution >= 4 is 6.08 Å². The minimum atomic E-state index is -0.547. The first kappa shape index (κ1) is 27.7. The van der Waals surface area contributed by atoms with E-state index < -0.39 is 11.6 Å². The zero-order valence-corrected chi connectivity index (χ0v) is 22.8. The molecule has 2 nitrogen and oxygen atoms in total. The minimum Gasteiger partial charge on any atom is -0.373 e. The number of benzene rings is 1. The molecule has 3 rings (SSSR count). The summed E-state index contributed by atoms with van der Waals surface area (Å²) in [6.45, 7) is 17.6. The number of halogens is 2. The van der Waals surface area contributed by atoms with Crippen LogP contribution in [0, 0.1) is 23.5 Å². The van der Waals surface area contributed by atoms with Gasteiger partial charge in [-0.3, -0.25) is 0 Å². The maximum absolute atomic E-state index is 14.3. The van der Waals surface area contributed by atoms with Crippen LogP contribution in [0.4, 0.5) is 8.78 Å². The number of nitrogens with one attached hydrogen (secondary N) is 1. The molecule has 194 valence electrons. The molecule has 1 heterocycles. The fourth-order valence-corrected chi connectivity index (χ4v) is 5.00. The van der Waals surface area contributed by atoms with Crippen LogP contribution < -0.4 is 5.32 Å². The van der Waals surface area contributed by atoms with E-state index in [0.29, 0.717) is 17.4 Å². The number of nitrogens with zero attached hydrogens (tertiary/aromatic N) is 1. The van der Waals surface area contributed by atoms with Crippen molar-refractivity contribution in [2.45, 2.75) is 79.2 Å². The predicted molar refractivity (Wildman–Crippen MR) is 149 cm³/mol. The van der Waals surface area contributed by atoms with Gasteiger partial charge in [-0.1, -0.05) is 77.2 Å². The van der Waals surface area contributed by atoms with Gasteiger partial charge in [0, 0.05) is 28.7 Å². The summed E-state index contributed by atoms with van der Waals surface area (Å²) in [5.74, 6) is -0.376. The summed E-state index contributed by atoms with van der Waals surface area (Å²) in [5, 5.41) is 3.93. The van der Waals surface area contributed by atoms with Crippen LogP contribution >= 0.6 is 0 Å². The van der Waals surface area contributed by atoms with Gasteiger partial charge in [-0.25, -0.2) is 8.78 Å². The molecule has 1 N–H and O–H groups in total. The van der Waals surface area contributed by atoms with E-state index >= 15 is 0 Å². The molecule has 1 aliphatic carbocycles. The zero-order chi connectivity index (χ0) is 26.5. The summed E-state index contributed by atoms with van der Waals surface area (Å²) in [6, 6.07) is 3.80. The summed E-state index contributed by atoms with van der Waals surface area (Å²) in [7, 11) is 0. The lowest BCUT2D eigenvalue weighted by molar-refractivity contribution is 0.242. The van der Waals surface area contributed by atoms with Crippen LogP contribution in [-0.4, -0.2) is 10.4 Å². The summed E-state index contributed by atoms with van der Waals surface area (Å²) in [4.78, 5) is 2.37. The van der Waals surface area contributed by atoms with Crippen molar-refractivity contribution in [2.75, 3.05) is 0 Å². The molecule has 1 aliphatic heterocycles. The van der Waals surface area contributed by atoms with Gasteiger partial charge in [0.1, 0.15) is 11.6 Å². The average molecular weight is 493 g/mol. The van der Waals surface area contributed by atoms with Gasteiger partial charge in [0.25, 0.3) is 0 Å². The Bertz CT molecular complexity index is 1100. The highest BCUT2D eigenvalue weighted by Gasteiger charge is 2.44. The number of allylic oxidation sites excluding steroid dienone is 8. The van der Waals surface area contributed by atoms with Crippen molar-refractivity contribution < 1.29 is 8.78 Å². The molecule has 0 unspecified atom stereocenters. The van der Waals surface area contributed by atoms with Crippen molar-refractivity contribution in [2.24, 2.45) is 11.8 Å². The van der Waals surface area contributed by atoms with Crippen molar-refractivity contribution in [3.05, 3.63) is 101 Å². The monoisotopic (exact) mass is 492 g/mol. The second-order valence-electron chi connectivity index (χ2n) is 10.6. The molecule has 1 spiro atoms. The average Bonchev–Trinajstić information content (AvgIpc) is 2.82. The van der Waals surface area contributed by atoms with Crippen LogP contribution in [0.2, 0.25) is 0 Å². The van der Waals surface area contributed by atoms with E-state index in [1.54, 1.807) is 0 Å². The summed E-state index contributed by atoms with van der Waals surface area (Å²) < 4.78 is 27.7. The highest BCUT2D eigenvalue weighted by atomic mass is 19.1. The Labute approximate surface area is 216 Å². The lowest BCUT2D eigenvalue weighted by atomic mass is 9.73. The molecule has 1 aromatic rings. The van der Waals surface area contributed by atoms with Crippen molar-refractivity contribution in [3.63, 3.8) is 0 Å². The van der Waals surface area contributed by atoms with Gasteiger partial charge < -0.3 is 10.2 Å². The van der Waals surface area contributed by atoms with Crippen molar-refractivity contribution in [1.82, 2.24) is 10.2 Å². The molecule has 0 aromatic heterocycles. The summed E-state index contributed by atoms with van der Waals surface area (Å²) in [6.07, 6.45) is 17.2. The van der Waals surface area contributed by atoms with Gasteiger partial charge in [0.2, 0.25) is 0 Å². The van der Waals surface area contributed by atoms with Crippen molar-refractivity contribution in [3.8, 4) is 0 Å². The van der Waals surface area contributed by atoms with E-state index in [4.69, 9.17) is 0 Å². The lowest BCUT2D eigenvalue weighted by Gasteiger charge is -2.51.